The Labute approximate surface area is 142 Å². The Kier molecular flexibility index (Phi) is 5.54. The van der Waals surface area contributed by atoms with Crippen molar-refractivity contribution in [2.45, 2.75) is 38.3 Å². The molecule has 5 nitrogen and oxygen atoms in total. The summed E-state index contributed by atoms with van der Waals surface area (Å²) in [6.07, 6.45) is 5.16. The number of hydrogen-bond donors (Lipinski definition) is 3. The van der Waals surface area contributed by atoms with Crippen molar-refractivity contribution in [3.8, 4) is 0 Å². The minimum Gasteiger partial charge on any atom is -0.467 e. The summed E-state index contributed by atoms with van der Waals surface area (Å²) in [6.45, 7) is 1.15. The normalized spacial score (nSPS) is 20.5. The van der Waals surface area contributed by atoms with Crippen LogP contribution in [-0.4, -0.2) is 23.7 Å². The third-order valence-electron chi connectivity index (χ3n) is 4.51. The Morgan fingerprint density at radius 3 is 2.88 bits per heavy atom. The fourth-order valence-corrected chi connectivity index (χ4v) is 3.21. The van der Waals surface area contributed by atoms with Gasteiger partial charge in [-0.25, -0.2) is 0 Å². The van der Waals surface area contributed by atoms with Gasteiger partial charge in [-0.2, -0.15) is 0 Å². The molecule has 2 unspecified atom stereocenters. The van der Waals surface area contributed by atoms with Crippen LogP contribution < -0.4 is 10.6 Å². The standard InChI is InChI=1S/C19H24N2O3/c22-15-6-3-5-14(11-15)12-21-19(23)17-8-1-2-9-18(17)20-13-16-7-4-10-24-16/h1-2,4,7-10,14-15,20,22H,3,5-6,11-13H2,(H,21,23). The molecule has 0 bridgehead atoms. The second-order valence-corrected chi connectivity index (χ2v) is 6.37. The van der Waals surface area contributed by atoms with Crippen LogP contribution in [0.15, 0.2) is 47.1 Å². The predicted molar refractivity (Wildman–Crippen MR) is 92.8 cm³/mol. The lowest BCUT2D eigenvalue weighted by Crippen LogP contribution is -2.33. The monoisotopic (exact) mass is 328 g/mol. The van der Waals surface area contributed by atoms with E-state index < -0.39 is 0 Å². The molecule has 1 saturated carbocycles. The van der Waals surface area contributed by atoms with Gasteiger partial charge in [0.1, 0.15) is 5.76 Å². The Bertz CT molecular complexity index is 654. The quantitative estimate of drug-likeness (QED) is 0.761. The summed E-state index contributed by atoms with van der Waals surface area (Å²) in [6, 6.07) is 11.2. The highest BCUT2D eigenvalue weighted by atomic mass is 16.3. The van der Waals surface area contributed by atoms with Gasteiger partial charge in [0.25, 0.3) is 5.91 Å². The molecule has 1 aliphatic rings. The van der Waals surface area contributed by atoms with E-state index in [0.29, 0.717) is 24.6 Å². The lowest BCUT2D eigenvalue weighted by atomic mass is 9.87. The number of nitrogens with one attached hydrogen (secondary N) is 2. The molecule has 128 valence electrons. The van der Waals surface area contributed by atoms with Crippen molar-refractivity contribution in [3.63, 3.8) is 0 Å². The molecule has 0 radical (unpaired) electrons. The van der Waals surface area contributed by atoms with Gasteiger partial charge in [0.2, 0.25) is 0 Å². The van der Waals surface area contributed by atoms with Gasteiger partial charge < -0.3 is 20.2 Å². The number of aliphatic hydroxyl groups is 1. The van der Waals surface area contributed by atoms with Crippen LogP contribution in [0.25, 0.3) is 0 Å². The van der Waals surface area contributed by atoms with E-state index in [1.54, 1.807) is 6.26 Å². The maximum Gasteiger partial charge on any atom is 0.253 e. The zero-order valence-corrected chi connectivity index (χ0v) is 13.7. The smallest absolute Gasteiger partial charge is 0.253 e. The first-order valence-electron chi connectivity index (χ1n) is 8.54. The second-order valence-electron chi connectivity index (χ2n) is 6.37. The van der Waals surface area contributed by atoms with Crippen molar-refractivity contribution in [3.05, 3.63) is 54.0 Å². The third kappa shape index (κ3) is 4.38. The van der Waals surface area contributed by atoms with Crippen LogP contribution in [-0.2, 0) is 6.54 Å². The molecular formula is C19H24N2O3. The van der Waals surface area contributed by atoms with Crippen molar-refractivity contribution in [2.24, 2.45) is 5.92 Å². The predicted octanol–water partition coefficient (Wildman–Crippen LogP) is 3.17. The number of carbonyl (C=O) groups is 1. The first-order valence-corrected chi connectivity index (χ1v) is 8.54. The third-order valence-corrected chi connectivity index (χ3v) is 4.51. The number of furan rings is 1. The average molecular weight is 328 g/mol. The Morgan fingerprint density at radius 1 is 1.21 bits per heavy atom. The van der Waals surface area contributed by atoms with E-state index in [1.165, 1.54) is 0 Å². The topological polar surface area (TPSA) is 74.5 Å². The zero-order valence-electron chi connectivity index (χ0n) is 13.7. The number of rotatable bonds is 6. The van der Waals surface area contributed by atoms with Crippen LogP contribution in [0.2, 0.25) is 0 Å². The summed E-state index contributed by atoms with van der Waals surface area (Å²) in [7, 11) is 0. The van der Waals surface area contributed by atoms with Gasteiger partial charge in [-0.15, -0.1) is 0 Å². The minimum atomic E-state index is -0.220. The molecule has 2 atom stereocenters. The lowest BCUT2D eigenvalue weighted by molar-refractivity contribution is 0.0874. The van der Waals surface area contributed by atoms with E-state index in [0.717, 1.165) is 37.1 Å². The molecule has 0 saturated heterocycles. The summed E-state index contributed by atoms with van der Waals surface area (Å²) >= 11 is 0. The Morgan fingerprint density at radius 2 is 2.08 bits per heavy atom. The van der Waals surface area contributed by atoms with Gasteiger partial charge >= 0.3 is 0 Å². The number of benzene rings is 1. The zero-order chi connectivity index (χ0) is 16.8. The summed E-state index contributed by atoms with van der Waals surface area (Å²) in [4.78, 5) is 12.5. The largest absolute Gasteiger partial charge is 0.467 e. The summed E-state index contributed by atoms with van der Waals surface area (Å²) in [5, 5.41) is 16.0. The second kappa shape index (κ2) is 8.02. The van der Waals surface area contributed by atoms with Gasteiger partial charge in [-0.05, 0) is 49.4 Å². The van der Waals surface area contributed by atoms with Crippen LogP contribution in [0.1, 0.15) is 41.8 Å². The molecule has 5 heteroatoms. The summed E-state index contributed by atoms with van der Waals surface area (Å²) in [5.74, 6) is 1.10. The molecule has 1 aliphatic carbocycles. The van der Waals surface area contributed by atoms with Crippen molar-refractivity contribution in [1.29, 1.82) is 0 Å². The van der Waals surface area contributed by atoms with Gasteiger partial charge in [0.15, 0.2) is 0 Å². The number of amides is 1. The number of hydrogen-bond acceptors (Lipinski definition) is 4. The molecule has 24 heavy (non-hydrogen) atoms. The Hall–Kier alpha value is -2.27. The van der Waals surface area contributed by atoms with Crippen molar-refractivity contribution in [2.75, 3.05) is 11.9 Å². The minimum absolute atomic E-state index is 0.0855. The van der Waals surface area contributed by atoms with E-state index >= 15 is 0 Å². The van der Waals surface area contributed by atoms with Crippen LogP contribution in [0.3, 0.4) is 0 Å². The maximum atomic E-state index is 12.5. The fourth-order valence-electron chi connectivity index (χ4n) is 3.21. The molecule has 3 N–H and O–H groups in total. The molecule has 1 aromatic heterocycles. The van der Waals surface area contributed by atoms with E-state index in [9.17, 15) is 9.90 Å². The van der Waals surface area contributed by atoms with Crippen molar-refractivity contribution < 1.29 is 14.3 Å². The van der Waals surface area contributed by atoms with Gasteiger partial charge in [0.05, 0.1) is 24.5 Å². The SMILES string of the molecule is O=C(NCC1CCCC(O)C1)c1ccccc1NCc1ccco1. The molecule has 2 aromatic rings. The van der Waals surface area contributed by atoms with Gasteiger partial charge in [-0.1, -0.05) is 18.6 Å². The molecule has 0 spiro atoms. The maximum absolute atomic E-state index is 12.5. The summed E-state index contributed by atoms with van der Waals surface area (Å²) in [5.41, 5.74) is 1.41. The number of aliphatic hydroxyl groups excluding tert-OH is 1. The molecule has 1 aromatic carbocycles. The molecular weight excluding hydrogens is 304 g/mol. The van der Waals surface area contributed by atoms with E-state index in [-0.39, 0.29) is 12.0 Å². The lowest BCUT2D eigenvalue weighted by Gasteiger charge is -2.26. The number of anilines is 1. The number of carbonyl (C=O) groups excluding carboxylic acids is 1. The molecule has 3 rings (SSSR count). The van der Waals surface area contributed by atoms with Crippen LogP contribution in [0.5, 0.6) is 0 Å². The highest BCUT2D eigenvalue weighted by Crippen LogP contribution is 2.24. The number of para-hydroxylation sites is 1. The Balaban J connectivity index is 1.57. The highest BCUT2D eigenvalue weighted by Gasteiger charge is 2.21. The van der Waals surface area contributed by atoms with E-state index in [1.807, 2.05) is 36.4 Å². The summed E-state index contributed by atoms with van der Waals surface area (Å²) < 4.78 is 5.31. The average Bonchev–Trinajstić information content (AvgIpc) is 3.12. The first kappa shape index (κ1) is 16.6. The highest BCUT2D eigenvalue weighted by molar-refractivity contribution is 5.99. The molecule has 1 heterocycles. The molecule has 1 amide bonds. The van der Waals surface area contributed by atoms with Crippen LogP contribution in [0, 0.1) is 5.92 Å². The van der Waals surface area contributed by atoms with E-state index in [2.05, 4.69) is 10.6 Å². The van der Waals surface area contributed by atoms with Gasteiger partial charge in [-0.3, -0.25) is 4.79 Å². The van der Waals surface area contributed by atoms with Crippen molar-refractivity contribution >= 4 is 11.6 Å². The van der Waals surface area contributed by atoms with Crippen LogP contribution >= 0.6 is 0 Å². The van der Waals surface area contributed by atoms with E-state index in [4.69, 9.17) is 4.42 Å². The van der Waals surface area contributed by atoms with Crippen molar-refractivity contribution in [1.82, 2.24) is 5.32 Å². The molecule has 1 fully saturated rings. The fraction of sp³-hybridized carbons (Fsp3) is 0.421. The van der Waals surface area contributed by atoms with Crippen LogP contribution in [0.4, 0.5) is 5.69 Å². The first-order chi connectivity index (χ1) is 11.7. The molecule has 0 aliphatic heterocycles. The van der Waals surface area contributed by atoms with Gasteiger partial charge in [0, 0.05) is 12.2 Å².